The second-order valence-electron chi connectivity index (χ2n) is 9.00. The summed E-state index contributed by atoms with van der Waals surface area (Å²) in [6, 6.07) is 14.1. The number of ether oxygens (including phenoxy) is 2. The second kappa shape index (κ2) is 15.5. The first-order chi connectivity index (χ1) is 16.8. The van der Waals surface area contributed by atoms with E-state index in [-0.39, 0.29) is 12.0 Å². The zero-order valence-corrected chi connectivity index (χ0v) is 21.0. The number of halogens is 3. The number of esters is 1. The molecule has 0 heterocycles. The second-order valence-corrected chi connectivity index (χ2v) is 9.00. The van der Waals surface area contributed by atoms with E-state index in [0.717, 1.165) is 36.1 Å². The van der Waals surface area contributed by atoms with E-state index in [2.05, 4.69) is 6.92 Å². The van der Waals surface area contributed by atoms with Crippen LogP contribution in [-0.2, 0) is 4.74 Å². The van der Waals surface area contributed by atoms with Crippen LogP contribution in [0.25, 0.3) is 11.1 Å². The molecule has 0 aromatic heterocycles. The maximum absolute atomic E-state index is 13.3. The van der Waals surface area contributed by atoms with E-state index in [1.807, 2.05) is 31.2 Å². The first kappa shape index (κ1) is 28.7. The molecule has 0 saturated carbocycles. The van der Waals surface area contributed by atoms with Gasteiger partial charge in [-0.2, -0.15) is 13.2 Å². The van der Waals surface area contributed by atoms with Gasteiger partial charge >= 0.3 is 12.1 Å². The average Bonchev–Trinajstić information content (AvgIpc) is 2.85. The molecule has 0 aliphatic heterocycles. The van der Waals surface area contributed by atoms with Crippen LogP contribution in [0.15, 0.2) is 48.5 Å². The van der Waals surface area contributed by atoms with Gasteiger partial charge in [0.1, 0.15) is 5.75 Å². The zero-order chi connectivity index (χ0) is 25.5. The van der Waals surface area contributed by atoms with Gasteiger partial charge in [0.15, 0.2) is 6.10 Å². The smallest absolute Gasteiger partial charge is 0.425 e. The quantitative estimate of drug-likeness (QED) is 0.173. The SMILES string of the molecule is CCCCCCCCOc1ccc(-c2ccc(C(=O)OC(CCCCCC)C(F)(F)F)cc2)cc1. The minimum absolute atomic E-state index is 0.107. The Morgan fingerprint density at radius 3 is 1.83 bits per heavy atom. The maximum atomic E-state index is 13.3. The van der Waals surface area contributed by atoms with E-state index < -0.39 is 18.2 Å². The van der Waals surface area contributed by atoms with E-state index in [1.54, 1.807) is 12.1 Å². The van der Waals surface area contributed by atoms with Crippen LogP contribution in [0.5, 0.6) is 5.75 Å². The van der Waals surface area contributed by atoms with Crippen LogP contribution < -0.4 is 4.74 Å². The van der Waals surface area contributed by atoms with Gasteiger partial charge in [0.05, 0.1) is 12.2 Å². The number of carbonyl (C=O) groups excluding carboxylic acids is 1. The molecule has 35 heavy (non-hydrogen) atoms. The molecule has 0 amide bonds. The summed E-state index contributed by atoms with van der Waals surface area (Å²) >= 11 is 0. The van der Waals surface area contributed by atoms with Gasteiger partial charge in [0, 0.05) is 0 Å². The lowest BCUT2D eigenvalue weighted by Gasteiger charge is -2.20. The Kier molecular flexibility index (Phi) is 12.7. The molecule has 2 rings (SSSR count). The van der Waals surface area contributed by atoms with E-state index in [4.69, 9.17) is 9.47 Å². The topological polar surface area (TPSA) is 35.5 Å². The molecule has 2 aromatic rings. The Bertz CT molecular complexity index is 845. The molecule has 0 N–H and O–H groups in total. The van der Waals surface area contributed by atoms with Gasteiger partial charge in [-0.15, -0.1) is 0 Å². The molecular weight excluding hydrogens is 453 g/mol. The summed E-state index contributed by atoms with van der Waals surface area (Å²) in [6.07, 6.45) is 3.29. The van der Waals surface area contributed by atoms with E-state index in [1.165, 1.54) is 44.2 Å². The Balaban J connectivity index is 1.86. The fourth-order valence-electron chi connectivity index (χ4n) is 3.86. The summed E-state index contributed by atoms with van der Waals surface area (Å²) in [7, 11) is 0. The maximum Gasteiger partial charge on any atom is 0.425 e. The van der Waals surface area contributed by atoms with Crippen LogP contribution in [0.1, 0.15) is 94.8 Å². The lowest BCUT2D eigenvalue weighted by atomic mass is 10.0. The zero-order valence-electron chi connectivity index (χ0n) is 21.0. The number of hydrogen-bond acceptors (Lipinski definition) is 3. The van der Waals surface area contributed by atoms with Crippen molar-refractivity contribution >= 4 is 5.97 Å². The van der Waals surface area contributed by atoms with E-state index >= 15 is 0 Å². The highest BCUT2D eigenvalue weighted by Crippen LogP contribution is 2.29. The van der Waals surface area contributed by atoms with Crippen molar-refractivity contribution in [2.45, 2.75) is 96.8 Å². The van der Waals surface area contributed by atoms with Gasteiger partial charge in [-0.05, 0) is 54.7 Å². The first-order valence-corrected chi connectivity index (χ1v) is 13.0. The van der Waals surface area contributed by atoms with Crippen LogP contribution >= 0.6 is 0 Å². The summed E-state index contributed by atoms with van der Waals surface area (Å²) in [4.78, 5) is 12.3. The molecule has 0 aliphatic carbocycles. The summed E-state index contributed by atoms with van der Waals surface area (Å²) in [5.41, 5.74) is 1.90. The normalized spacial score (nSPS) is 12.4. The molecular formula is C29H39F3O3. The average molecular weight is 493 g/mol. The molecule has 0 radical (unpaired) electrons. The Hall–Kier alpha value is -2.50. The summed E-state index contributed by atoms with van der Waals surface area (Å²) < 4.78 is 50.5. The fraction of sp³-hybridized carbons (Fsp3) is 0.552. The molecule has 0 fully saturated rings. The number of alkyl halides is 3. The van der Waals surface area contributed by atoms with Crippen LogP contribution in [0, 0.1) is 0 Å². The van der Waals surface area contributed by atoms with Gasteiger partial charge in [-0.25, -0.2) is 4.79 Å². The van der Waals surface area contributed by atoms with Crippen molar-refractivity contribution < 1.29 is 27.4 Å². The van der Waals surface area contributed by atoms with E-state index in [9.17, 15) is 18.0 Å². The van der Waals surface area contributed by atoms with Gasteiger partial charge in [0.2, 0.25) is 0 Å². The van der Waals surface area contributed by atoms with Crippen LogP contribution in [-0.4, -0.2) is 24.9 Å². The molecule has 0 aliphatic rings. The number of carbonyl (C=O) groups is 1. The molecule has 6 heteroatoms. The van der Waals surface area contributed by atoms with Crippen molar-refractivity contribution in [3.05, 3.63) is 54.1 Å². The van der Waals surface area contributed by atoms with E-state index in [0.29, 0.717) is 19.4 Å². The first-order valence-electron chi connectivity index (χ1n) is 13.0. The molecule has 1 atom stereocenters. The van der Waals surface area contributed by atoms with Crippen LogP contribution in [0.4, 0.5) is 13.2 Å². The molecule has 0 spiro atoms. The highest BCUT2D eigenvalue weighted by atomic mass is 19.4. The minimum Gasteiger partial charge on any atom is -0.494 e. The van der Waals surface area contributed by atoms with Crippen molar-refractivity contribution in [3.8, 4) is 16.9 Å². The van der Waals surface area contributed by atoms with Gasteiger partial charge in [-0.3, -0.25) is 0 Å². The van der Waals surface area contributed by atoms with Gasteiger partial charge in [-0.1, -0.05) is 89.5 Å². The fourth-order valence-corrected chi connectivity index (χ4v) is 3.86. The summed E-state index contributed by atoms with van der Waals surface area (Å²) in [6.45, 7) is 4.89. The highest BCUT2D eigenvalue weighted by molar-refractivity contribution is 5.90. The molecule has 0 bridgehead atoms. The minimum atomic E-state index is -4.57. The third kappa shape index (κ3) is 10.7. The van der Waals surface area contributed by atoms with Crippen molar-refractivity contribution in [1.29, 1.82) is 0 Å². The number of unbranched alkanes of at least 4 members (excludes halogenated alkanes) is 8. The molecule has 0 saturated heterocycles. The monoisotopic (exact) mass is 492 g/mol. The van der Waals surface area contributed by atoms with Crippen LogP contribution in [0.2, 0.25) is 0 Å². The largest absolute Gasteiger partial charge is 0.494 e. The molecule has 1 unspecified atom stereocenters. The van der Waals surface area contributed by atoms with Gasteiger partial charge < -0.3 is 9.47 Å². The Morgan fingerprint density at radius 1 is 0.743 bits per heavy atom. The predicted octanol–water partition coefficient (Wildman–Crippen LogP) is 9.15. The lowest BCUT2D eigenvalue weighted by Crippen LogP contribution is -2.33. The summed E-state index contributed by atoms with van der Waals surface area (Å²) in [5, 5.41) is 0. The molecule has 3 nitrogen and oxygen atoms in total. The highest BCUT2D eigenvalue weighted by Gasteiger charge is 2.42. The van der Waals surface area contributed by atoms with Crippen LogP contribution in [0.3, 0.4) is 0 Å². The Labute approximate surface area is 208 Å². The predicted molar refractivity (Wildman–Crippen MR) is 135 cm³/mol. The Morgan fingerprint density at radius 2 is 1.26 bits per heavy atom. The number of hydrogen-bond donors (Lipinski definition) is 0. The standard InChI is InChI=1S/C29H39F3O3/c1-3-5-7-9-10-12-22-34-26-20-18-24(19-21-26)23-14-16-25(17-15-23)28(33)35-27(29(30,31)32)13-11-8-6-4-2/h14-21,27H,3-13,22H2,1-2H3. The number of benzene rings is 2. The number of rotatable bonds is 16. The van der Waals surface area contributed by atoms with Gasteiger partial charge in [0.25, 0.3) is 0 Å². The third-order valence-corrected chi connectivity index (χ3v) is 6.01. The van der Waals surface area contributed by atoms with Crippen molar-refractivity contribution in [1.82, 2.24) is 0 Å². The molecule has 194 valence electrons. The van der Waals surface area contributed by atoms with Crippen molar-refractivity contribution in [2.75, 3.05) is 6.61 Å². The lowest BCUT2D eigenvalue weighted by molar-refractivity contribution is -0.206. The third-order valence-electron chi connectivity index (χ3n) is 6.01. The van der Waals surface area contributed by atoms with Crippen molar-refractivity contribution in [3.63, 3.8) is 0 Å². The van der Waals surface area contributed by atoms with Crippen molar-refractivity contribution in [2.24, 2.45) is 0 Å². The molecule has 2 aromatic carbocycles. The summed E-state index contributed by atoms with van der Waals surface area (Å²) in [5.74, 6) is -0.146.